The number of hydrogen-bond donors (Lipinski definition) is 2. The molecule has 1 saturated heterocycles. The summed E-state index contributed by atoms with van der Waals surface area (Å²) in [5, 5.41) is 6.47. The predicted octanol–water partition coefficient (Wildman–Crippen LogP) is 2.32. The van der Waals surface area contributed by atoms with E-state index in [1.54, 1.807) is 0 Å². The number of aliphatic imine (C=N–C) groups is 1. The zero-order valence-electron chi connectivity index (χ0n) is 13.5. The average molecular weight is 443 g/mol. The van der Waals surface area contributed by atoms with Gasteiger partial charge in [0.2, 0.25) is 0 Å². The molecule has 1 aliphatic heterocycles. The van der Waals surface area contributed by atoms with Crippen LogP contribution in [0.15, 0.2) is 4.99 Å². The number of sulfone groups is 1. The van der Waals surface area contributed by atoms with Gasteiger partial charge in [-0.1, -0.05) is 25.7 Å². The van der Waals surface area contributed by atoms with E-state index in [-0.39, 0.29) is 35.8 Å². The van der Waals surface area contributed by atoms with Crippen LogP contribution in [0.4, 0.5) is 0 Å². The molecule has 1 atom stereocenters. The predicted molar refractivity (Wildman–Crippen MR) is 103 cm³/mol. The minimum atomic E-state index is -2.84. The van der Waals surface area contributed by atoms with E-state index in [4.69, 9.17) is 0 Å². The molecule has 0 amide bonds. The van der Waals surface area contributed by atoms with Gasteiger partial charge in [0.15, 0.2) is 15.8 Å². The highest BCUT2D eigenvalue weighted by Gasteiger charge is 2.28. The Labute approximate surface area is 152 Å². The van der Waals surface area contributed by atoms with Crippen molar-refractivity contribution in [2.75, 3.05) is 24.6 Å². The number of nitrogens with one attached hydrogen (secondary N) is 2. The van der Waals surface area contributed by atoms with E-state index in [0.29, 0.717) is 12.2 Å². The minimum absolute atomic E-state index is 0. The van der Waals surface area contributed by atoms with Gasteiger partial charge in [-0.05, 0) is 32.1 Å². The minimum Gasteiger partial charge on any atom is -0.357 e. The molecule has 1 saturated carbocycles. The van der Waals surface area contributed by atoms with Crippen LogP contribution in [0, 0.1) is 5.92 Å². The van der Waals surface area contributed by atoms with Crippen LogP contribution in [0.5, 0.6) is 0 Å². The third-order valence-electron chi connectivity index (χ3n) is 4.43. The van der Waals surface area contributed by atoms with E-state index < -0.39 is 9.84 Å². The van der Waals surface area contributed by atoms with Crippen molar-refractivity contribution in [1.82, 2.24) is 10.6 Å². The van der Waals surface area contributed by atoms with Crippen LogP contribution in [-0.2, 0) is 9.84 Å². The monoisotopic (exact) mass is 443 g/mol. The van der Waals surface area contributed by atoms with E-state index in [9.17, 15) is 8.42 Å². The Bertz CT molecular complexity index is 448. The SMILES string of the molecule is CCNC(=NCCCC1CCCC1)NC1CCS(=O)(=O)C1.I. The van der Waals surface area contributed by atoms with Gasteiger partial charge in [0.05, 0.1) is 11.5 Å². The van der Waals surface area contributed by atoms with Crippen molar-refractivity contribution >= 4 is 39.8 Å². The normalized spacial score (nSPS) is 25.0. The van der Waals surface area contributed by atoms with Gasteiger partial charge in [-0.3, -0.25) is 4.99 Å². The highest BCUT2D eigenvalue weighted by Crippen LogP contribution is 2.28. The first-order valence-electron chi connectivity index (χ1n) is 8.34. The van der Waals surface area contributed by atoms with E-state index in [1.165, 1.54) is 32.1 Å². The van der Waals surface area contributed by atoms with Crippen LogP contribution < -0.4 is 10.6 Å². The number of rotatable bonds is 6. The molecule has 22 heavy (non-hydrogen) atoms. The van der Waals surface area contributed by atoms with Crippen LogP contribution in [0.2, 0.25) is 0 Å². The van der Waals surface area contributed by atoms with Gasteiger partial charge < -0.3 is 10.6 Å². The van der Waals surface area contributed by atoms with Crippen LogP contribution in [0.25, 0.3) is 0 Å². The molecule has 2 aliphatic rings. The summed E-state index contributed by atoms with van der Waals surface area (Å²) in [5.41, 5.74) is 0. The van der Waals surface area contributed by atoms with Crippen molar-refractivity contribution in [2.24, 2.45) is 10.9 Å². The molecule has 1 aliphatic carbocycles. The van der Waals surface area contributed by atoms with Gasteiger partial charge in [0, 0.05) is 19.1 Å². The molecule has 0 aromatic rings. The summed E-state index contributed by atoms with van der Waals surface area (Å²) in [6, 6.07) is 0.0163. The van der Waals surface area contributed by atoms with Crippen molar-refractivity contribution in [1.29, 1.82) is 0 Å². The molecular weight excluding hydrogens is 413 g/mol. The molecule has 0 aromatic carbocycles. The van der Waals surface area contributed by atoms with Crippen LogP contribution in [-0.4, -0.2) is 45.0 Å². The lowest BCUT2D eigenvalue weighted by atomic mass is 10.0. The van der Waals surface area contributed by atoms with Crippen LogP contribution in [0.1, 0.15) is 51.9 Å². The topological polar surface area (TPSA) is 70.6 Å². The third-order valence-corrected chi connectivity index (χ3v) is 6.20. The highest BCUT2D eigenvalue weighted by molar-refractivity contribution is 14.0. The van der Waals surface area contributed by atoms with E-state index in [1.807, 2.05) is 6.92 Å². The first kappa shape index (κ1) is 20.0. The molecule has 7 heteroatoms. The Kier molecular flexibility index (Phi) is 9.04. The van der Waals surface area contributed by atoms with E-state index in [0.717, 1.165) is 31.4 Å². The fraction of sp³-hybridized carbons (Fsp3) is 0.933. The van der Waals surface area contributed by atoms with Crippen molar-refractivity contribution in [2.45, 2.75) is 57.9 Å². The zero-order valence-corrected chi connectivity index (χ0v) is 16.7. The molecule has 2 rings (SSSR count). The summed E-state index contributed by atoms with van der Waals surface area (Å²) in [6.07, 6.45) is 8.67. The molecule has 130 valence electrons. The summed E-state index contributed by atoms with van der Waals surface area (Å²) >= 11 is 0. The summed E-state index contributed by atoms with van der Waals surface area (Å²) in [4.78, 5) is 4.59. The first-order valence-corrected chi connectivity index (χ1v) is 10.2. The van der Waals surface area contributed by atoms with Gasteiger partial charge in [0.25, 0.3) is 0 Å². The Morgan fingerprint density at radius 3 is 2.55 bits per heavy atom. The summed E-state index contributed by atoms with van der Waals surface area (Å²) in [5.74, 6) is 2.22. The third kappa shape index (κ3) is 7.02. The summed E-state index contributed by atoms with van der Waals surface area (Å²) < 4.78 is 23.0. The molecule has 0 aromatic heterocycles. The standard InChI is InChI=1S/C15H29N3O2S.HI/c1-2-16-15(18-14-9-11-21(19,20)12-14)17-10-5-8-13-6-3-4-7-13;/h13-14H,2-12H2,1H3,(H2,16,17,18);1H. The van der Waals surface area contributed by atoms with Gasteiger partial charge in [0.1, 0.15) is 0 Å². The van der Waals surface area contributed by atoms with Crippen LogP contribution in [0.3, 0.4) is 0 Å². The van der Waals surface area contributed by atoms with Gasteiger partial charge in [-0.25, -0.2) is 8.42 Å². The van der Waals surface area contributed by atoms with E-state index in [2.05, 4.69) is 15.6 Å². The lowest BCUT2D eigenvalue weighted by molar-refractivity contribution is 0.487. The van der Waals surface area contributed by atoms with Crippen molar-refractivity contribution in [3.05, 3.63) is 0 Å². The number of halogens is 1. The van der Waals surface area contributed by atoms with Gasteiger partial charge in [-0.15, -0.1) is 24.0 Å². The second-order valence-electron chi connectivity index (χ2n) is 6.30. The second kappa shape index (κ2) is 9.95. The zero-order chi connectivity index (χ0) is 15.1. The Hall–Kier alpha value is -0.0500. The maximum absolute atomic E-state index is 11.5. The number of hydrogen-bond acceptors (Lipinski definition) is 3. The molecule has 1 heterocycles. The number of nitrogens with zero attached hydrogens (tertiary/aromatic N) is 1. The highest BCUT2D eigenvalue weighted by atomic mass is 127. The number of guanidine groups is 1. The fourth-order valence-electron chi connectivity index (χ4n) is 3.29. The Morgan fingerprint density at radius 2 is 1.95 bits per heavy atom. The fourth-order valence-corrected chi connectivity index (χ4v) is 4.97. The molecular formula is C15H30IN3O2S. The van der Waals surface area contributed by atoms with Crippen molar-refractivity contribution in [3.8, 4) is 0 Å². The largest absolute Gasteiger partial charge is 0.357 e. The maximum Gasteiger partial charge on any atom is 0.191 e. The average Bonchev–Trinajstić information content (AvgIpc) is 3.04. The maximum atomic E-state index is 11.5. The molecule has 0 radical (unpaired) electrons. The van der Waals surface area contributed by atoms with Crippen molar-refractivity contribution < 1.29 is 8.42 Å². The molecule has 0 spiro atoms. The summed E-state index contributed by atoms with van der Waals surface area (Å²) in [6.45, 7) is 3.65. The van der Waals surface area contributed by atoms with Crippen molar-refractivity contribution in [3.63, 3.8) is 0 Å². The molecule has 2 N–H and O–H groups in total. The molecule has 1 unspecified atom stereocenters. The quantitative estimate of drug-likeness (QED) is 0.286. The van der Waals surface area contributed by atoms with E-state index >= 15 is 0 Å². The first-order chi connectivity index (χ1) is 10.1. The molecule has 0 bridgehead atoms. The summed E-state index contributed by atoms with van der Waals surface area (Å²) in [7, 11) is -2.84. The van der Waals surface area contributed by atoms with Crippen LogP contribution >= 0.6 is 24.0 Å². The Balaban J connectivity index is 0.00000242. The van der Waals surface area contributed by atoms with Gasteiger partial charge >= 0.3 is 0 Å². The van der Waals surface area contributed by atoms with Gasteiger partial charge in [-0.2, -0.15) is 0 Å². The molecule has 2 fully saturated rings. The lowest BCUT2D eigenvalue weighted by Gasteiger charge is -2.16. The second-order valence-corrected chi connectivity index (χ2v) is 8.53. The molecule has 5 nitrogen and oxygen atoms in total. The lowest BCUT2D eigenvalue weighted by Crippen LogP contribution is -2.44. The smallest absolute Gasteiger partial charge is 0.191 e. The Morgan fingerprint density at radius 1 is 1.23 bits per heavy atom.